The van der Waals surface area contributed by atoms with Crippen LogP contribution in [0.15, 0.2) is 84.9 Å². The Morgan fingerprint density at radius 1 is 0.771 bits per heavy atom. The molecule has 0 radical (unpaired) electrons. The van der Waals surface area contributed by atoms with Crippen molar-refractivity contribution in [1.82, 2.24) is 4.90 Å². The summed E-state index contributed by atoms with van der Waals surface area (Å²) < 4.78 is 16.9. The van der Waals surface area contributed by atoms with Crippen molar-refractivity contribution in [2.45, 2.75) is 52.0 Å². The van der Waals surface area contributed by atoms with Crippen LogP contribution < -0.4 is 4.74 Å². The minimum atomic E-state index is -0.843. The van der Waals surface area contributed by atoms with E-state index in [9.17, 15) is 9.59 Å². The van der Waals surface area contributed by atoms with Gasteiger partial charge < -0.3 is 14.2 Å². The third kappa shape index (κ3) is 8.49. The average molecular weight is 476 g/mol. The first-order valence-corrected chi connectivity index (χ1v) is 11.6. The third-order valence-electron chi connectivity index (χ3n) is 5.25. The molecule has 0 fully saturated rings. The highest BCUT2D eigenvalue weighted by Crippen LogP contribution is 2.19. The molecular formula is C29H33NO5. The van der Waals surface area contributed by atoms with Crippen LogP contribution in [0.2, 0.25) is 0 Å². The van der Waals surface area contributed by atoms with Crippen molar-refractivity contribution in [3.63, 3.8) is 0 Å². The van der Waals surface area contributed by atoms with E-state index in [1.165, 1.54) is 4.90 Å². The van der Waals surface area contributed by atoms with Gasteiger partial charge in [0.2, 0.25) is 0 Å². The Hall–Kier alpha value is -3.80. The summed E-state index contributed by atoms with van der Waals surface area (Å²) in [6.07, 6.45) is -0.301. The third-order valence-corrected chi connectivity index (χ3v) is 5.25. The maximum atomic E-state index is 13.1. The van der Waals surface area contributed by atoms with Crippen molar-refractivity contribution in [2.75, 3.05) is 7.05 Å². The topological polar surface area (TPSA) is 65.1 Å². The van der Waals surface area contributed by atoms with Gasteiger partial charge in [0.1, 0.15) is 30.6 Å². The van der Waals surface area contributed by atoms with Gasteiger partial charge in [0.05, 0.1) is 0 Å². The molecule has 6 nitrogen and oxygen atoms in total. The molecular weight excluding hydrogens is 442 g/mol. The van der Waals surface area contributed by atoms with E-state index in [0.717, 1.165) is 22.4 Å². The minimum Gasteiger partial charge on any atom is -0.489 e. The number of esters is 1. The van der Waals surface area contributed by atoms with Crippen molar-refractivity contribution in [2.24, 2.45) is 0 Å². The second-order valence-corrected chi connectivity index (χ2v) is 9.32. The van der Waals surface area contributed by atoms with Gasteiger partial charge in [-0.05, 0) is 49.6 Å². The molecule has 0 saturated carbocycles. The molecule has 0 unspecified atom stereocenters. The number of carbonyl (C=O) groups is 2. The molecule has 0 spiro atoms. The Kier molecular flexibility index (Phi) is 8.90. The Morgan fingerprint density at radius 3 is 1.86 bits per heavy atom. The lowest BCUT2D eigenvalue weighted by Gasteiger charge is -2.29. The number of ether oxygens (including phenoxy) is 3. The number of likely N-dealkylation sites (N-methyl/N-ethyl adjacent to an activating group) is 1. The normalized spacial score (nSPS) is 11.9. The maximum Gasteiger partial charge on any atom is 0.410 e. The summed E-state index contributed by atoms with van der Waals surface area (Å²) in [7, 11) is 1.56. The molecule has 0 aliphatic heterocycles. The standard InChI is InChI=1S/C29H33NO5/c1-29(2,3)35-28(32)30(4)26(27(31)34-21-24-13-9-6-10-14-24)19-22-15-17-25(18-16-22)33-20-23-11-7-5-8-12-23/h5-18,26H,19-21H2,1-4H3/t26-/m1/s1. The fraction of sp³-hybridized carbons (Fsp3) is 0.310. The molecule has 3 rings (SSSR count). The summed E-state index contributed by atoms with van der Waals surface area (Å²) in [5.41, 5.74) is 2.15. The van der Waals surface area contributed by atoms with Crippen LogP contribution in [-0.2, 0) is 33.9 Å². The Balaban J connectivity index is 1.68. The monoisotopic (exact) mass is 475 g/mol. The molecule has 0 saturated heterocycles. The van der Waals surface area contributed by atoms with Crippen LogP contribution in [0.3, 0.4) is 0 Å². The molecule has 1 atom stereocenters. The van der Waals surface area contributed by atoms with Crippen LogP contribution >= 0.6 is 0 Å². The van der Waals surface area contributed by atoms with Crippen LogP contribution in [0.5, 0.6) is 5.75 Å². The van der Waals surface area contributed by atoms with E-state index in [2.05, 4.69) is 0 Å². The molecule has 3 aromatic carbocycles. The van der Waals surface area contributed by atoms with Crippen LogP contribution in [0, 0.1) is 0 Å². The van der Waals surface area contributed by atoms with Gasteiger partial charge in [-0.1, -0.05) is 72.8 Å². The van der Waals surface area contributed by atoms with Crippen LogP contribution in [0.4, 0.5) is 4.79 Å². The number of carbonyl (C=O) groups excluding carboxylic acids is 2. The van der Waals surface area contributed by atoms with E-state index in [0.29, 0.717) is 6.61 Å². The van der Waals surface area contributed by atoms with Crippen molar-refractivity contribution in [1.29, 1.82) is 0 Å². The second-order valence-electron chi connectivity index (χ2n) is 9.32. The van der Waals surface area contributed by atoms with Gasteiger partial charge in [0, 0.05) is 13.5 Å². The fourth-order valence-corrected chi connectivity index (χ4v) is 3.35. The van der Waals surface area contributed by atoms with Crippen LogP contribution in [0.25, 0.3) is 0 Å². The predicted octanol–water partition coefficient (Wildman–Crippen LogP) is 5.79. The Morgan fingerprint density at radius 2 is 1.31 bits per heavy atom. The molecule has 3 aromatic rings. The smallest absolute Gasteiger partial charge is 0.410 e. The lowest BCUT2D eigenvalue weighted by molar-refractivity contribution is -0.150. The quantitative estimate of drug-likeness (QED) is 0.367. The van der Waals surface area contributed by atoms with E-state index >= 15 is 0 Å². The number of benzene rings is 3. The highest BCUT2D eigenvalue weighted by atomic mass is 16.6. The van der Waals surface area contributed by atoms with Crippen molar-refractivity contribution in [3.8, 4) is 5.75 Å². The molecule has 0 aliphatic rings. The molecule has 1 amide bonds. The zero-order valence-corrected chi connectivity index (χ0v) is 20.8. The zero-order chi connectivity index (χ0) is 25.3. The van der Waals surface area contributed by atoms with Gasteiger partial charge in [-0.2, -0.15) is 0 Å². The first-order chi connectivity index (χ1) is 16.7. The van der Waals surface area contributed by atoms with E-state index in [1.807, 2.05) is 84.9 Å². The summed E-state index contributed by atoms with van der Waals surface area (Å²) in [4.78, 5) is 27.1. The lowest BCUT2D eigenvalue weighted by Crippen LogP contribution is -2.46. The fourth-order valence-electron chi connectivity index (χ4n) is 3.35. The van der Waals surface area contributed by atoms with Gasteiger partial charge in [-0.15, -0.1) is 0 Å². The van der Waals surface area contributed by atoms with Crippen LogP contribution in [-0.4, -0.2) is 35.7 Å². The number of amides is 1. The molecule has 0 heterocycles. The lowest BCUT2D eigenvalue weighted by atomic mass is 10.0. The summed E-state index contributed by atoms with van der Waals surface area (Å²) in [5, 5.41) is 0. The second kappa shape index (κ2) is 12.1. The molecule has 6 heteroatoms. The first-order valence-electron chi connectivity index (χ1n) is 11.6. The molecule has 0 bridgehead atoms. The number of hydrogen-bond acceptors (Lipinski definition) is 5. The number of nitrogens with zero attached hydrogens (tertiary/aromatic N) is 1. The van der Waals surface area contributed by atoms with Gasteiger partial charge in [0.15, 0.2) is 0 Å². The number of rotatable bonds is 9. The van der Waals surface area contributed by atoms with Crippen LogP contribution in [0.1, 0.15) is 37.5 Å². The summed E-state index contributed by atoms with van der Waals surface area (Å²) in [6, 6.07) is 26.0. The zero-order valence-electron chi connectivity index (χ0n) is 20.8. The van der Waals surface area contributed by atoms with Gasteiger partial charge in [0.25, 0.3) is 0 Å². The largest absolute Gasteiger partial charge is 0.489 e. The molecule has 0 N–H and O–H groups in total. The van der Waals surface area contributed by atoms with E-state index < -0.39 is 23.7 Å². The van der Waals surface area contributed by atoms with Gasteiger partial charge in [-0.25, -0.2) is 9.59 Å². The van der Waals surface area contributed by atoms with Crippen molar-refractivity contribution >= 4 is 12.1 Å². The molecule has 184 valence electrons. The summed E-state index contributed by atoms with van der Waals surface area (Å²) in [5.74, 6) is 0.230. The highest BCUT2D eigenvalue weighted by Gasteiger charge is 2.31. The SMILES string of the molecule is CN(C(=O)OC(C)(C)C)[C@H](Cc1ccc(OCc2ccccc2)cc1)C(=O)OCc1ccccc1. The van der Waals surface area contributed by atoms with Crippen molar-refractivity contribution < 1.29 is 23.8 Å². The molecule has 35 heavy (non-hydrogen) atoms. The van der Waals surface area contributed by atoms with E-state index in [1.54, 1.807) is 27.8 Å². The summed E-state index contributed by atoms with van der Waals surface area (Å²) in [6.45, 7) is 5.96. The van der Waals surface area contributed by atoms with E-state index in [4.69, 9.17) is 14.2 Å². The van der Waals surface area contributed by atoms with Crippen molar-refractivity contribution in [3.05, 3.63) is 102 Å². The predicted molar refractivity (Wildman–Crippen MR) is 135 cm³/mol. The van der Waals surface area contributed by atoms with Gasteiger partial charge in [-0.3, -0.25) is 4.90 Å². The Labute approximate surface area is 207 Å². The minimum absolute atomic E-state index is 0.130. The average Bonchev–Trinajstić information content (AvgIpc) is 2.85. The first kappa shape index (κ1) is 25.8. The Bertz CT molecular complexity index is 1080. The molecule has 0 aromatic heterocycles. The number of hydrogen-bond donors (Lipinski definition) is 0. The maximum absolute atomic E-state index is 13.1. The summed E-state index contributed by atoms with van der Waals surface area (Å²) >= 11 is 0. The molecule has 0 aliphatic carbocycles. The van der Waals surface area contributed by atoms with Gasteiger partial charge >= 0.3 is 12.1 Å². The van der Waals surface area contributed by atoms with E-state index in [-0.39, 0.29) is 13.0 Å². The highest BCUT2D eigenvalue weighted by molar-refractivity contribution is 5.81.